The number of carbonyl (C=O) groups excluding carboxylic acids is 2. The van der Waals surface area contributed by atoms with Crippen molar-refractivity contribution in [1.82, 2.24) is 24.9 Å². The van der Waals surface area contributed by atoms with Gasteiger partial charge in [0.25, 0.3) is 11.7 Å². The summed E-state index contributed by atoms with van der Waals surface area (Å²) in [6.07, 6.45) is 1.39. The maximum atomic E-state index is 12.8. The highest BCUT2D eigenvalue weighted by molar-refractivity contribution is 5.91. The third-order valence-electron chi connectivity index (χ3n) is 4.16. The average molecular weight is 381 g/mol. The van der Waals surface area contributed by atoms with Crippen LogP contribution in [0.5, 0.6) is 0 Å². The molecule has 0 bridgehead atoms. The Morgan fingerprint density at radius 2 is 1.86 bits per heavy atom. The molecule has 0 saturated heterocycles. The number of benzene rings is 1. The van der Waals surface area contributed by atoms with E-state index in [9.17, 15) is 9.59 Å². The third-order valence-corrected chi connectivity index (χ3v) is 4.16. The van der Waals surface area contributed by atoms with Gasteiger partial charge >= 0.3 is 5.97 Å². The molecule has 146 valence electrons. The summed E-state index contributed by atoms with van der Waals surface area (Å²) in [5, 5.41) is 7.06. The van der Waals surface area contributed by atoms with Gasteiger partial charge < -0.3 is 10.1 Å². The Balaban J connectivity index is 1.84. The average Bonchev–Trinajstić information content (AvgIpc) is 3.07. The van der Waals surface area contributed by atoms with E-state index >= 15 is 0 Å². The van der Waals surface area contributed by atoms with Crippen LogP contribution in [-0.2, 0) is 9.53 Å². The summed E-state index contributed by atoms with van der Waals surface area (Å²) < 4.78 is 6.74. The van der Waals surface area contributed by atoms with Gasteiger partial charge in [-0.2, -0.15) is 4.98 Å². The summed E-state index contributed by atoms with van der Waals surface area (Å²) in [6, 6.07) is 8.84. The molecule has 3 rings (SSSR count). The van der Waals surface area contributed by atoms with Crippen LogP contribution in [0.1, 0.15) is 53.7 Å². The lowest BCUT2D eigenvalue weighted by atomic mass is 10.0. The van der Waals surface area contributed by atoms with Crippen LogP contribution in [0.4, 0.5) is 0 Å². The molecular weight excluding hydrogens is 358 g/mol. The number of ether oxygens (including phenoxy) is 1. The maximum absolute atomic E-state index is 12.8. The molecule has 8 nitrogen and oxygen atoms in total. The lowest BCUT2D eigenvalue weighted by molar-refractivity contribution is -0.147. The lowest BCUT2D eigenvalue weighted by Gasteiger charge is -2.19. The van der Waals surface area contributed by atoms with E-state index < -0.39 is 11.9 Å². The van der Waals surface area contributed by atoms with Crippen LogP contribution in [0.2, 0.25) is 0 Å². The Bertz CT molecular complexity index is 995. The van der Waals surface area contributed by atoms with Gasteiger partial charge in [-0.3, -0.25) is 9.59 Å². The maximum Gasteiger partial charge on any atom is 0.308 e. The zero-order chi connectivity index (χ0) is 20.3. The molecule has 2 aromatic heterocycles. The summed E-state index contributed by atoms with van der Waals surface area (Å²) in [4.78, 5) is 33.2. The number of aromatic nitrogens is 4. The number of esters is 1. The van der Waals surface area contributed by atoms with Crippen LogP contribution < -0.4 is 5.32 Å². The van der Waals surface area contributed by atoms with E-state index in [0.717, 1.165) is 16.8 Å². The molecule has 1 aromatic carbocycles. The van der Waals surface area contributed by atoms with Gasteiger partial charge in [0.1, 0.15) is 0 Å². The third kappa shape index (κ3) is 4.51. The minimum absolute atomic E-state index is 0.00358. The molecule has 2 heterocycles. The molecule has 0 aliphatic heterocycles. The first kappa shape index (κ1) is 19.5. The molecule has 1 unspecified atom stereocenters. The highest BCUT2D eigenvalue weighted by atomic mass is 16.5. The molecule has 1 N–H and O–H groups in total. The smallest absolute Gasteiger partial charge is 0.308 e. The largest absolute Gasteiger partial charge is 0.463 e. The number of fused-ring (bicyclic) bond motifs is 1. The minimum Gasteiger partial charge on any atom is -0.463 e. The zero-order valence-electron chi connectivity index (χ0n) is 16.3. The van der Waals surface area contributed by atoms with Gasteiger partial charge in [0.2, 0.25) is 5.82 Å². The molecule has 3 aromatic rings. The van der Waals surface area contributed by atoms with Crippen LogP contribution >= 0.6 is 0 Å². The quantitative estimate of drug-likeness (QED) is 0.659. The van der Waals surface area contributed by atoms with Gasteiger partial charge in [0, 0.05) is 11.9 Å². The topological polar surface area (TPSA) is 98.5 Å². The molecule has 0 aliphatic rings. The lowest BCUT2D eigenvalue weighted by Crippen LogP contribution is -2.31. The highest BCUT2D eigenvalue weighted by Crippen LogP contribution is 2.19. The molecule has 8 heteroatoms. The Labute approximate surface area is 163 Å². The first-order valence-corrected chi connectivity index (χ1v) is 9.09. The van der Waals surface area contributed by atoms with E-state index in [1.807, 2.05) is 38.1 Å². The molecule has 0 aliphatic carbocycles. The summed E-state index contributed by atoms with van der Waals surface area (Å²) in [5.41, 5.74) is 2.70. The number of nitrogens with zero attached hydrogens (tertiary/aromatic N) is 4. The second kappa shape index (κ2) is 8.16. The van der Waals surface area contributed by atoms with E-state index in [4.69, 9.17) is 4.74 Å². The van der Waals surface area contributed by atoms with Crippen molar-refractivity contribution < 1.29 is 14.3 Å². The van der Waals surface area contributed by atoms with Crippen molar-refractivity contribution in [2.24, 2.45) is 0 Å². The van der Waals surface area contributed by atoms with Crippen LogP contribution in [0.3, 0.4) is 0 Å². The van der Waals surface area contributed by atoms with Crippen molar-refractivity contribution in [1.29, 1.82) is 0 Å². The normalized spacial score (nSPS) is 12.2. The fourth-order valence-corrected chi connectivity index (χ4v) is 2.75. The summed E-state index contributed by atoms with van der Waals surface area (Å²) >= 11 is 0. The van der Waals surface area contributed by atoms with E-state index in [2.05, 4.69) is 20.4 Å². The summed E-state index contributed by atoms with van der Waals surface area (Å²) in [6.45, 7) is 7.39. The monoisotopic (exact) mass is 381 g/mol. The van der Waals surface area contributed by atoms with Gasteiger partial charge in [-0.15, -0.1) is 5.10 Å². The van der Waals surface area contributed by atoms with Crippen LogP contribution in [-0.4, -0.2) is 37.6 Å². The van der Waals surface area contributed by atoms with Gasteiger partial charge in [0.05, 0.1) is 18.6 Å². The Kier molecular flexibility index (Phi) is 5.67. The van der Waals surface area contributed by atoms with E-state index in [1.165, 1.54) is 4.52 Å². The van der Waals surface area contributed by atoms with Crippen molar-refractivity contribution in [3.8, 4) is 0 Å². The number of rotatable bonds is 6. The standard InChI is InChI=1S/C20H23N5O3/c1-12(2)28-17(26)11-16(15-7-5-13(3)6-8-15)22-19(27)18-23-20-21-10-9-14(4)25(20)24-18/h5-10,12,16H,11H2,1-4H3,(H,22,27). The van der Waals surface area contributed by atoms with Gasteiger partial charge in [-0.05, 0) is 39.3 Å². The first-order valence-electron chi connectivity index (χ1n) is 9.09. The molecule has 0 radical (unpaired) electrons. The molecule has 1 atom stereocenters. The predicted molar refractivity (Wildman–Crippen MR) is 103 cm³/mol. The van der Waals surface area contributed by atoms with Crippen molar-refractivity contribution in [3.05, 3.63) is 59.2 Å². The molecule has 1 amide bonds. The predicted octanol–water partition coefficient (Wildman–Crippen LogP) is 2.55. The second-order valence-corrected chi connectivity index (χ2v) is 6.91. The van der Waals surface area contributed by atoms with Gasteiger partial charge in [0.15, 0.2) is 0 Å². The Morgan fingerprint density at radius 3 is 2.50 bits per heavy atom. The van der Waals surface area contributed by atoms with E-state index in [1.54, 1.807) is 26.1 Å². The fourth-order valence-electron chi connectivity index (χ4n) is 2.75. The summed E-state index contributed by atoms with van der Waals surface area (Å²) in [5.74, 6) is -0.526. The van der Waals surface area contributed by atoms with Crippen LogP contribution in [0, 0.1) is 13.8 Å². The number of nitrogens with one attached hydrogen (secondary N) is 1. The first-order chi connectivity index (χ1) is 13.3. The van der Waals surface area contributed by atoms with Crippen molar-refractivity contribution in [2.45, 2.75) is 46.3 Å². The number of carbonyl (C=O) groups is 2. The molecular formula is C20H23N5O3. The fraction of sp³-hybridized carbons (Fsp3) is 0.350. The van der Waals surface area contributed by atoms with E-state index in [-0.39, 0.29) is 24.3 Å². The number of hydrogen-bond acceptors (Lipinski definition) is 6. The highest BCUT2D eigenvalue weighted by Gasteiger charge is 2.23. The number of amides is 1. The van der Waals surface area contributed by atoms with Gasteiger partial charge in [-0.1, -0.05) is 29.8 Å². The van der Waals surface area contributed by atoms with Crippen LogP contribution in [0.15, 0.2) is 36.5 Å². The molecule has 0 spiro atoms. The van der Waals surface area contributed by atoms with Crippen LogP contribution in [0.25, 0.3) is 5.78 Å². The van der Waals surface area contributed by atoms with E-state index in [0.29, 0.717) is 5.78 Å². The Hall–Kier alpha value is -3.29. The molecule has 0 fully saturated rings. The molecule has 28 heavy (non-hydrogen) atoms. The number of hydrogen-bond donors (Lipinski definition) is 1. The van der Waals surface area contributed by atoms with Gasteiger partial charge in [-0.25, -0.2) is 9.50 Å². The molecule has 0 saturated carbocycles. The van der Waals surface area contributed by atoms with Crippen molar-refractivity contribution in [2.75, 3.05) is 0 Å². The minimum atomic E-state index is -0.556. The Morgan fingerprint density at radius 1 is 1.14 bits per heavy atom. The van der Waals surface area contributed by atoms with Crippen molar-refractivity contribution >= 4 is 17.7 Å². The second-order valence-electron chi connectivity index (χ2n) is 6.91. The van der Waals surface area contributed by atoms with Crippen molar-refractivity contribution in [3.63, 3.8) is 0 Å². The number of aryl methyl sites for hydroxylation is 2. The SMILES string of the molecule is Cc1ccc(C(CC(=O)OC(C)C)NC(=O)c2nc3nccc(C)n3n2)cc1. The zero-order valence-corrected chi connectivity index (χ0v) is 16.3. The summed E-state index contributed by atoms with van der Waals surface area (Å²) in [7, 11) is 0.